The van der Waals surface area contributed by atoms with Crippen LogP contribution in [0.3, 0.4) is 0 Å². The van der Waals surface area contributed by atoms with Gasteiger partial charge in [0.05, 0.1) is 10.9 Å². The first-order chi connectivity index (χ1) is 7.10. The number of hydrogen-bond donors (Lipinski definition) is 1. The Morgan fingerprint density at radius 1 is 1.47 bits per heavy atom. The summed E-state index contributed by atoms with van der Waals surface area (Å²) in [6.07, 6.45) is 2.45. The topological polar surface area (TPSA) is 12.0 Å². The van der Waals surface area contributed by atoms with Gasteiger partial charge in [0.25, 0.3) is 5.92 Å². The predicted molar refractivity (Wildman–Crippen MR) is 61.6 cm³/mol. The van der Waals surface area contributed by atoms with Crippen molar-refractivity contribution in [2.75, 3.05) is 6.54 Å². The molecule has 5 heteroatoms. The third-order valence-electron chi connectivity index (χ3n) is 2.64. The van der Waals surface area contributed by atoms with Gasteiger partial charge in [0.15, 0.2) is 0 Å². The Morgan fingerprint density at radius 2 is 2.27 bits per heavy atom. The molecule has 0 amide bonds. The lowest BCUT2D eigenvalue weighted by Gasteiger charge is -2.30. The number of rotatable bonds is 2. The van der Waals surface area contributed by atoms with Crippen LogP contribution in [0, 0.1) is 0 Å². The van der Waals surface area contributed by atoms with Gasteiger partial charge in [0.1, 0.15) is 0 Å². The Kier molecular flexibility index (Phi) is 3.42. The van der Waals surface area contributed by atoms with Gasteiger partial charge in [0.2, 0.25) is 0 Å². The maximum absolute atomic E-state index is 14.0. The third-order valence-corrected chi connectivity index (χ3v) is 4.42. The Bertz CT molecular complexity index is 334. The average molecular weight is 296 g/mol. The quantitative estimate of drug-likeness (QED) is 0.876. The van der Waals surface area contributed by atoms with E-state index >= 15 is 0 Å². The molecule has 0 aliphatic carbocycles. The zero-order chi connectivity index (χ0) is 10.9. The number of hydrogen-bond acceptors (Lipinski definition) is 2. The first-order valence-corrected chi connectivity index (χ1v) is 6.63. The van der Waals surface area contributed by atoms with Crippen LogP contribution in [0.2, 0.25) is 0 Å². The molecule has 0 spiro atoms. The molecule has 2 heterocycles. The Hall–Kier alpha value is -0.0000000000000000486. The van der Waals surface area contributed by atoms with Crippen LogP contribution in [0.1, 0.15) is 24.1 Å². The first kappa shape index (κ1) is 11.5. The maximum Gasteiger partial charge on any atom is 0.297 e. The lowest BCUT2D eigenvalue weighted by molar-refractivity contribution is -0.0478. The molecule has 1 fully saturated rings. The fraction of sp³-hybridized carbons (Fsp3) is 0.600. The van der Waals surface area contributed by atoms with E-state index in [1.54, 1.807) is 5.38 Å². The second kappa shape index (κ2) is 4.47. The molecule has 1 aliphatic rings. The highest BCUT2D eigenvalue weighted by molar-refractivity contribution is 9.10. The maximum atomic E-state index is 14.0. The van der Waals surface area contributed by atoms with E-state index in [1.807, 2.05) is 0 Å². The van der Waals surface area contributed by atoms with Crippen molar-refractivity contribution in [3.63, 3.8) is 0 Å². The largest absolute Gasteiger partial charge is 0.308 e. The number of thiophene rings is 1. The van der Waals surface area contributed by atoms with Crippen molar-refractivity contribution in [3.8, 4) is 0 Å². The van der Waals surface area contributed by atoms with Crippen molar-refractivity contribution in [3.05, 3.63) is 20.8 Å². The van der Waals surface area contributed by atoms with Gasteiger partial charge in [-0.25, -0.2) is 0 Å². The van der Waals surface area contributed by atoms with E-state index in [9.17, 15) is 8.78 Å². The molecule has 0 aromatic carbocycles. The van der Waals surface area contributed by atoms with Crippen molar-refractivity contribution in [1.82, 2.24) is 5.32 Å². The Morgan fingerprint density at radius 3 is 2.80 bits per heavy atom. The van der Waals surface area contributed by atoms with Crippen LogP contribution in [0.15, 0.2) is 15.9 Å². The van der Waals surface area contributed by atoms with Crippen LogP contribution < -0.4 is 5.32 Å². The van der Waals surface area contributed by atoms with Crippen LogP contribution in [-0.2, 0) is 5.92 Å². The molecule has 2 rings (SSSR count). The summed E-state index contributed by atoms with van der Waals surface area (Å²) in [4.78, 5) is 0.147. The summed E-state index contributed by atoms with van der Waals surface area (Å²) in [7, 11) is 0. The molecule has 0 saturated carbocycles. The zero-order valence-corrected chi connectivity index (χ0v) is 10.5. The van der Waals surface area contributed by atoms with E-state index in [1.165, 1.54) is 6.07 Å². The van der Waals surface area contributed by atoms with Gasteiger partial charge >= 0.3 is 0 Å². The lowest BCUT2D eigenvalue weighted by atomic mass is 9.98. The predicted octanol–water partition coefficient (Wildman–Crippen LogP) is 3.74. The third kappa shape index (κ3) is 2.40. The Labute approximate surface area is 100 Å². The van der Waals surface area contributed by atoms with Gasteiger partial charge in [0, 0.05) is 9.85 Å². The molecule has 1 nitrogen and oxygen atoms in total. The minimum Gasteiger partial charge on any atom is -0.308 e. The summed E-state index contributed by atoms with van der Waals surface area (Å²) in [5, 5.41) is 4.61. The number of alkyl halides is 2. The molecule has 0 radical (unpaired) electrons. The van der Waals surface area contributed by atoms with E-state index in [-0.39, 0.29) is 4.88 Å². The van der Waals surface area contributed by atoms with E-state index in [0.29, 0.717) is 13.0 Å². The van der Waals surface area contributed by atoms with Gasteiger partial charge in [-0.3, -0.25) is 0 Å². The molecule has 15 heavy (non-hydrogen) atoms. The van der Waals surface area contributed by atoms with Crippen molar-refractivity contribution in [2.45, 2.75) is 31.2 Å². The van der Waals surface area contributed by atoms with E-state index in [2.05, 4.69) is 21.2 Å². The minimum atomic E-state index is -2.74. The van der Waals surface area contributed by atoms with Crippen LogP contribution in [-0.4, -0.2) is 12.6 Å². The van der Waals surface area contributed by atoms with Gasteiger partial charge in [-0.15, -0.1) is 11.3 Å². The lowest BCUT2D eigenvalue weighted by Crippen LogP contribution is -2.45. The smallest absolute Gasteiger partial charge is 0.297 e. The second-order valence-electron chi connectivity index (χ2n) is 3.75. The van der Waals surface area contributed by atoms with Gasteiger partial charge in [-0.2, -0.15) is 8.78 Å². The van der Waals surface area contributed by atoms with Crippen LogP contribution in [0.4, 0.5) is 8.78 Å². The highest BCUT2D eigenvalue weighted by Crippen LogP contribution is 2.39. The normalized spacial score (nSPS) is 23.0. The molecule has 1 aliphatic heterocycles. The highest BCUT2D eigenvalue weighted by atomic mass is 79.9. The van der Waals surface area contributed by atoms with Crippen LogP contribution in [0.25, 0.3) is 0 Å². The molecule has 1 saturated heterocycles. The molecular formula is C10H12BrF2NS. The van der Waals surface area contributed by atoms with Crippen molar-refractivity contribution in [1.29, 1.82) is 0 Å². The van der Waals surface area contributed by atoms with Gasteiger partial charge < -0.3 is 5.32 Å². The van der Waals surface area contributed by atoms with E-state index in [0.717, 1.165) is 28.7 Å². The summed E-state index contributed by atoms with van der Waals surface area (Å²) in [6.45, 7) is 0.701. The number of halogens is 3. The fourth-order valence-corrected chi connectivity index (χ4v) is 3.28. The minimum absolute atomic E-state index is 0.147. The van der Waals surface area contributed by atoms with E-state index < -0.39 is 12.0 Å². The molecule has 1 aromatic heterocycles. The summed E-state index contributed by atoms with van der Waals surface area (Å²) in [5.74, 6) is -2.74. The summed E-state index contributed by atoms with van der Waals surface area (Å²) < 4.78 is 28.7. The van der Waals surface area contributed by atoms with Crippen LogP contribution >= 0.6 is 27.3 Å². The summed E-state index contributed by atoms with van der Waals surface area (Å²) >= 11 is 4.32. The standard InChI is InChI=1S/C10H12BrF2NS/c11-7-5-9(15-6-7)10(12,13)8-3-1-2-4-14-8/h5-6,8,14H,1-4H2. The van der Waals surface area contributed by atoms with Gasteiger partial charge in [-0.05, 0) is 41.4 Å². The molecule has 84 valence electrons. The summed E-state index contributed by atoms with van der Waals surface area (Å²) in [6, 6.07) is 0.817. The summed E-state index contributed by atoms with van der Waals surface area (Å²) in [5.41, 5.74) is 0. The monoisotopic (exact) mass is 295 g/mol. The average Bonchev–Trinajstić information content (AvgIpc) is 2.67. The van der Waals surface area contributed by atoms with Crippen molar-refractivity contribution >= 4 is 27.3 Å². The van der Waals surface area contributed by atoms with Crippen LogP contribution in [0.5, 0.6) is 0 Å². The SMILES string of the molecule is FC(F)(c1cc(Br)cs1)C1CCCCN1. The van der Waals surface area contributed by atoms with Crippen molar-refractivity contribution in [2.24, 2.45) is 0 Å². The Balaban J connectivity index is 2.17. The molecule has 1 aromatic rings. The van der Waals surface area contributed by atoms with E-state index in [4.69, 9.17) is 0 Å². The zero-order valence-electron chi connectivity index (χ0n) is 8.10. The van der Waals surface area contributed by atoms with Gasteiger partial charge in [-0.1, -0.05) is 6.42 Å². The number of piperidine rings is 1. The molecule has 1 unspecified atom stereocenters. The fourth-order valence-electron chi connectivity index (χ4n) is 1.82. The highest BCUT2D eigenvalue weighted by Gasteiger charge is 2.42. The second-order valence-corrected chi connectivity index (χ2v) is 5.58. The molecular weight excluding hydrogens is 284 g/mol. The molecule has 0 bridgehead atoms. The molecule has 1 atom stereocenters. The molecule has 1 N–H and O–H groups in total. The number of nitrogens with one attached hydrogen (secondary N) is 1. The van der Waals surface area contributed by atoms with Crippen molar-refractivity contribution < 1.29 is 8.78 Å². The first-order valence-electron chi connectivity index (χ1n) is 4.96.